The van der Waals surface area contributed by atoms with Crippen molar-refractivity contribution < 1.29 is 18.8 Å². The average Bonchev–Trinajstić information content (AvgIpc) is 3.06. The second kappa shape index (κ2) is 7.23. The number of hydrogen-bond acceptors (Lipinski definition) is 4. The largest absolute Gasteiger partial charge is 0.382 e. The topological polar surface area (TPSA) is 59.9 Å². The number of anilines is 1. The van der Waals surface area contributed by atoms with Crippen molar-refractivity contribution in [3.05, 3.63) is 65.5 Å². The van der Waals surface area contributed by atoms with Crippen LogP contribution in [0.2, 0.25) is 0 Å². The number of amides is 1. The van der Waals surface area contributed by atoms with Crippen LogP contribution in [0.1, 0.15) is 17.5 Å². The third-order valence-corrected chi connectivity index (χ3v) is 3.64. The Morgan fingerprint density at radius 3 is 2.88 bits per heavy atom. The van der Waals surface area contributed by atoms with Gasteiger partial charge in [-0.15, -0.1) is 0 Å². The molecular weight excluding hydrogens is 311 g/mol. The third-order valence-electron chi connectivity index (χ3n) is 3.64. The Morgan fingerprint density at radius 1 is 1.33 bits per heavy atom. The first-order chi connectivity index (χ1) is 11.7. The molecule has 1 aliphatic rings. The summed E-state index contributed by atoms with van der Waals surface area (Å²) in [4.78, 5) is 17.5. The van der Waals surface area contributed by atoms with Gasteiger partial charge in [0.05, 0.1) is 12.3 Å². The van der Waals surface area contributed by atoms with Gasteiger partial charge in [-0.05, 0) is 35.4 Å². The number of oxime groups is 1. The molecule has 124 valence electrons. The van der Waals surface area contributed by atoms with Crippen molar-refractivity contribution in [3.63, 3.8) is 0 Å². The Hall–Kier alpha value is -2.73. The number of methoxy groups -OCH3 is 1. The number of ether oxygens (including phenoxy) is 1. The van der Waals surface area contributed by atoms with Gasteiger partial charge in [0.15, 0.2) is 0 Å². The van der Waals surface area contributed by atoms with E-state index in [1.807, 2.05) is 18.2 Å². The molecule has 1 atom stereocenters. The first kappa shape index (κ1) is 16.1. The number of halogens is 1. The molecule has 1 aliphatic heterocycles. The van der Waals surface area contributed by atoms with Gasteiger partial charge in [-0.1, -0.05) is 29.4 Å². The summed E-state index contributed by atoms with van der Waals surface area (Å²) in [5.41, 5.74) is 3.01. The fraction of sp³-hybridized carbons (Fsp3) is 0.222. The van der Waals surface area contributed by atoms with Gasteiger partial charge in [-0.3, -0.25) is 4.79 Å². The highest BCUT2D eigenvalue weighted by Gasteiger charge is 2.29. The molecule has 0 saturated heterocycles. The molecule has 3 rings (SSSR count). The fourth-order valence-electron chi connectivity index (χ4n) is 2.46. The standard InChI is InChI=1S/C18H17FN2O3/c1-23-11-12-3-2-4-15(9-12)20-18(22)17-10-16(21-24-17)13-5-7-14(19)8-6-13/h2-9,17H,10-11H2,1H3,(H,20,22). The van der Waals surface area contributed by atoms with Crippen LogP contribution in [0.15, 0.2) is 53.7 Å². The molecule has 24 heavy (non-hydrogen) atoms. The van der Waals surface area contributed by atoms with Crippen LogP contribution >= 0.6 is 0 Å². The summed E-state index contributed by atoms with van der Waals surface area (Å²) in [5, 5.41) is 6.75. The predicted molar refractivity (Wildman–Crippen MR) is 88.2 cm³/mol. The normalized spacial score (nSPS) is 16.4. The average molecular weight is 328 g/mol. The van der Waals surface area contributed by atoms with E-state index in [2.05, 4.69) is 10.5 Å². The Balaban J connectivity index is 1.61. The Bertz CT molecular complexity index is 759. The molecule has 5 nitrogen and oxygen atoms in total. The van der Waals surface area contributed by atoms with Gasteiger partial charge in [0.2, 0.25) is 6.10 Å². The van der Waals surface area contributed by atoms with Gasteiger partial charge in [0.1, 0.15) is 5.82 Å². The minimum atomic E-state index is -0.698. The lowest BCUT2D eigenvalue weighted by Gasteiger charge is -2.10. The third kappa shape index (κ3) is 3.78. The van der Waals surface area contributed by atoms with Crippen LogP contribution in [0.4, 0.5) is 10.1 Å². The molecule has 1 N–H and O–H groups in total. The molecule has 6 heteroatoms. The number of nitrogens with one attached hydrogen (secondary N) is 1. The first-order valence-electron chi connectivity index (χ1n) is 7.53. The van der Waals surface area contributed by atoms with Crippen molar-refractivity contribution in [1.82, 2.24) is 0 Å². The van der Waals surface area contributed by atoms with E-state index in [-0.39, 0.29) is 11.7 Å². The van der Waals surface area contributed by atoms with Gasteiger partial charge in [0.25, 0.3) is 5.91 Å². The van der Waals surface area contributed by atoms with Crippen molar-refractivity contribution in [3.8, 4) is 0 Å². The Morgan fingerprint density at radius 2 is 2.12 bits per heavy atom. The minimum Gasteiger partial charge on any atom is -0.382 e. The van der Waals surface area contributed by atoms with E-state index < -0.39 is 6.10 Å². The van der Waals surface area contributed by atoms with Crippen LogP contribution in [0.3, 0.4) is 0 Å². The van der Waals surface area contributed by atoms with Crippen molar-refractivity contribution in [2.24, 2.45) is 5.16 Å². The smallest absolute Gasteiger partial charge is 0.268 e. The molecule has 0 aliphatic carbocycles. The molecule has 2 aromatic carbocycles. The number of nitrogens with zero attached hydrogens (tertiary/aromatic N) is 1. The van der Waals surface area contributed by atoms with Crippen molar-refractivity contribution in [2.75, 3.05) is 12.4 Å². The summed E-state index contributed by atoms with van der Waals surface area (Å²) in [6.45, 7) is 0.474. The molecule has 1 heterocycles. The summed E-state index contributed by atoms with van der Waals surface area (Å²) < 4.78 is 18.0. The summed E-state index contributed by atoms with van der Waals surface area (Å²) >= 11 is 0. The van der Waals surface area contributed by atoms with E-state index >= 15 is 0 Å². The summed E-state index contributed by atoms with van der Waals surface area (Å²) in [6, 6.07) is 13.4. The molecule has 1 unspecified atom stereocenters. The SMILES string of the molecule is COCc1cccc(NC(=O)C2CC(c3ccc(F)cc3)=NO2)c1. The van der Waals surface area contributed by atoms with Crippen molar-refractivity contribution >= 4 is 17.3 Å². The maximum Gasteiger partial charge on any atom is 0.268 e. The second-order valence-corrected chi connectivity index (χ2v) is 5.47. The van der Waals surface area contributed by atoms with Crippen LogP contribution < -0.4 is 5.32 Å². The van der Waals surface area contributed by atoms with Crippen LogP contribution in [0.5, 0.6) is 0 Å². The van der Waals surface area contributed by atoms with Gasteiger partial charge < -0.3 is 14.9 Å². The summed E-state index contributed by atoms with van der Waals surface area (Å²) in [7, 11) is 1.62. The van der Waals surface area contributed by atoms with Crippen molar-refractivity contribution in [2.45, 2.75) is 19.1 Å². The molecule has 1 amide bonds. The van der Waals surface area contributed by atoms with Gasteiger partial charge in [-0.25, -0.2) is 4.39 Å². The maximum atomic E-state index is 13.0. The van der Waals surface area contributed by atoms with Crippen LogP contribution in [-0.2, 0) is 21.0 Å². The van der Waals surface area contributed by atoms with Crippen molar-refractivity contribution in [1.29, 1.82) is 0 Å². The monoisotopic (exact) mass is 328 g/mol. The highest BCUT2D eigenvalue weighted by atomic mass is 19.1. The Labute approximate surface area is 139 Å². The van der Waals surface area contributed by atoms with Gasteiger partial charge >= 0.3 is 0 Å². The highest BCUT2D eigenvalue weighted by Crippen LogP contribution is 2.19. The molecule has 0 fully saturated rings. The molecular formula is C18H17FN2O3. The van der Waals surface area contributed by atoms with Crippen LogP contribution in [0.25, 0.3) is 0 Å². The summed E-state index contributed by atoms with van der Waals surface area (Å²) in [5.74, 6) is -0.589. The van der Waals surface area contributed by atoms with E-state index in [0.29, 0.717) is 24.4 Å². The number of rotatable bonds is 5. The van der Waals surface area contributed by atoms with E-state index in [1.165, 1.54) is 12.1 Å². The van der Waals surface area contributed by atoms with Crippen LogP contribution in [-0.4, -0.2) is 24.8 Å². The van der Waals surface area contributed by atoms with E-state index in [0.717, 1.165) is 11.1 Å². The van der Waals surface area contributed by atoms with E-state index in [9.17, 15) is 9.18 Å². The number of hydrogen-bond donors (Lipinski definition) is 1. The van der Waals surface area contributed by atoms with Gasteiger partial charge in [-0.2, -0.15) is 0 Å². The minimum absolute atomic E-state index is 0.273. The van der Waals surface area contributed by atoms with E-state index in [4.69, 9.17) is 9.57 Å². The zero-order valence-electron chi connectivity index (χ0n) is 13.2. The maximum absolute atomic E-state index is 13.0. The molecule has 0 spiro atoms. The number of carbonyl (C=O) groups is 1. The molecule has 0 radical (unpaired) electrons. The lowest BCUT2D eigenvalue weighted by atomic mass is 10.0. The van der Waals surface area contributed by atoms with Crippen LogP contribution in [0, 0.1) is 5.82 Å². The molecule has 2 aromatic rings. The molecule has 0 saturated carbocycles. The first-order valence-corrected chi connectivity index (χ1v) is 7.53. The number of benzene rings is 2. The lowest BCUT2D eigenvalue weighted by molar-refractivity contribution is -0.125. The summed E-state index contributed by atoms with van der Waals surface area (Å²) in [6.07, 6.45) is -0.356. The lowest BCUT2D eigenvalue weighted by Crippen LogP contribution is -2.28. The zero-order chi connectivity index (χ0) is 16.9. The Kier molecular flexibility index (Phi) is 4.86. The second-order valence-electron chi connectivity index (χ2n) is 5.47. The highest BCUT2D eigenvalue weighted by molar-refractivity contribution is 6.06. The molecule has 0 bridgehead atoms. The van der Waals surface area contributed by atoms with Gasteiger partial charge in [0, 0.05) is 19.2 Å². The van der Waals surface area contributed by atoms with E-state index in [1.54, 1.807) is 25.3 Å². The fourth-order valence-corrected chi connectivity index (χ4v) is 2.46. The quantitative estimate of drug-likeness (QED) is 0.917. The molecule has 0 aromatic heterocycles. The zero-order valence-corrected chi connectivity index (χ0v) is 13.2. The predicted octanol–water partition coefficient (Wildman–Crippen LogP) is 3.10. The number of carbonyl (C=O) groups excluding carboxylic acids is 1.